The zero-order valence-corrected chi connectivity index (χ0v) is 9.45. The molecular weight excluding hydrogens is 214 g/mol. The summed E-state index contributed by atoms with van der Waals surface area (Å²) in [6.07, 6.45) is 2.76. The summed E-state index contributed by atoms with van der Waals surface area (Å²) in [5.74, 6) is 0.480. The molecule has 1 aromatic heterocycles. The van der Waals surface area contributed by atoms with Crippen LogP contribution in [0.1, 0.15) is 25.5 Å². The minimum absolute atomic E-state index is 0.131. The second kappa shape index (κ2) is 3.53. The Labute approximate surface area is 89.0 Å². The SMILES string of the molecule is CC(C)C1CNS(=O)(=O)c2cncnc21. The van der Waals surface area contributed by atoms with Crippen LogP contribution >= 0.6 is 0 Å². The molecule has 82 valence electrons. The second-order valence-corrected chi connectivity index (χ2v) is 5.71. The number of hydrogen-bond donors (Lipinski definition) is 1. The van der Waals surface area contributed by atoms with Gasteiger partial charge in [-0.05, 0) is 5.92 Å². The van der Waals surface area contributed by atoms with E-state index in [-0.39, 0.29) is 10.8 Å². The summed E-state index contributed by atoms with van der Waals surface area (Å²) in [6.45, 7) is 4.52. The fourth-order valence-corrected chi connectivity index (χ4v) is 2.97. The highest BCUT2D eigenvalue weighted by atomic mass is 32.2. The maximum atomic E-state index is 11.7. The highest BCUT2D eigenvalue weighted by Crippen LogP contribution is 2.30. The molecule has 0 saturated carbocycles. The molecule has 1 N–H and O–H groups in total. The van der Waals surface area contributed by atoms with Crippen molar-refractivity contribution in [3.63, 3.8) is 0 Å². The highest BCUT2D eigenvalue weighted by Gasteiger charge is 2.32. The number of hydrogen-bond acceptors (Lipinski definition) is 4. The Morgan fingerprint density at radius 2 is 2.27 bits per heavy atom. The molecule has 0 spiro atoms. The van der Waals surface area contributed by atoms with E-state index in [4.69, 9.17) is 0 Å². The summed E-state index contributed by atoms with van der Waals surface area (Å²) < 4.78 is 25.8. The third-order valence-corrected chi connectivity index (χ3v) is 4.09. The van der Waals surface area contributed by atoms with E-state index in [1.165, 1.54) is 12.5 Å². The molecule has 0 aliphatic carbocycles. The molecule has 1 aliphatic rings. The third kappa shape index (κ3) is 1.74. The molecule has 0 fully saturated rings. The van der Waals surface area contributed by atoms with Crippen LogP contribution in [0.5, 0.6) is 0 Å². The van der Waals surface area contributed by atoms with Gasteiger partial charge in [-0.3, -0.25) is 0 Å². The Morgan fingerprint density at radius 3 is 2.93 bits per heavy atom. The van der Waals surface area contributed by atoms with Gasteiger partial charge in [0.2, 0.25) is 10.0 Å². The molecule has 1 aromatic rings. The van der Waals surface area contributed by atoms with Gasteiger partial charge in [-0.1, -0.05) is 13.8 Å². The Kier molecular flexibility index (Phi) is 2.47. The average Bonchev–Trinajstić information content (AvgIpc) is 2.17. The molecule has 2 heterocycles. The Hall–Kier alpha value is -1.01. The van der Waals surface area contributed by atoms with Crippen molar-refractivity contribution in [1.82, 2.24) is 14.7 Å². The summed E-state index contributed by atoms with van der Waals surface area (Å²) in [5, 5.41) is 0. The average molecular weight is 227 g/mol. The lowest BCUT2D eigenvalue weighted by Crippen LogP contribution is -2.37. The van der Waals surface area contributed by atoms with Crippen LogP contribution < -0.4 is 4.72 Å². The number of sulfonamides is 1. The van der Waals surface area contributed by atoms with Crippen molar-refractivity contribution in [2.75, 3.05) is 6.54 Å². The number of fused-ring (bicyclic) bond motifs is 1. The van der Waals surface area contributed by atoms with Gasteiger partial charge in [-0.2, -0.15) is 0 Å². The van der Waals surface area contributed by atoms with Crippen molar-refractivity contribution < 1.29 is 8.42 Å². The van der Waals surface area contributed by atoms with Crippen molar-refractivity contribution >= 4 is 10.0 Å². The largest absolute Gasteiger partial charge is 0.243 e. The van der Waals surface area contributed by atoms with Crippen molar-refractivity contribution in [2.45, 2.75) is 24.7 Å². The molecule has 15 heavy (non-hydrogen) atoms. The minimum Gasteiger partial charge on any atom is -0.243 e. The second-order valence-electron chi connectivity index (χ2n) is 3.97. The normalized spacial score (nSPS) is 23.8. The van der Waals surface area contributed by atoms with Crippen LogP contribution in [0.15, 0.2) is 17.4 Å². The monoisotopic (exact) mass is 227 g/mol. The topological polar surface area (TPSA) is 72.0 Å². The van der Waals surface area contributed by atoms with Crippen molar-refractivity contribution in [2.24, 2.45) is 5.92 Å². The molecule has 1 atom stereocenters. The summed E-state index contributed by atoms with van der Waals surface area (Å²) in [6, 6.07) is 0. The number of nitrogens with one attached hydrogen (secondary N) is 1. The maximum absolute atomic E-state index is 11.7. The number of nitrogens with zero attached hydrogens (tertiary/aromatic N) is 2. The number of aromatic nitrogens is 2. The van der Waals surface area contributed by atoms with Crippen LogP contribution in [0.25, 0.3) is 0 Å². The zero-order chi connectivity index (χ0) is 11.1. The summed E-state index contributed by atoms with van der Waals surface area (Å²) in [4.78, 5) is 8.06. The predicted molar refractivity (Wildman–Crippen MR) is 54.8 cm³/mol. The lowest BCUT2D eigenvalue weighted by Gasteiger charge is -2.27. The third-order valence-electron chi connectivity index (χ3n) is 2.65. The van der Waals surface area contributed by atoms with Crippen LogP contribution in [-0.4, -0.2) is 24.9 Å². The van der Waals surface area contributed by atoms with E-state index in [0.717, 1.165) is 0 Å². The van der Waals surface area contributed by atoms with Crippen LogP contribution in [0.2, 0.25) is 0 Å². The lowest BCUT2D eigenvalue weighted by atomic mass is 9.92. The van der Waals surface area contributed by atoms with Gasteiger partial charge in [-0.15, -0.1) is 0 Å². The summed E-state index contributed by atoms with van der Waals surface area (Å²) in [5.41, 5.74) is 0.638. The van der Waals surface area contributed by atoms with Gasteiger partial charge in [0.25, 0.3) is 0 Å². The van der Waals surface area contributed by atoms with Crippen molar-refractivity contribution in [3.8, 4) is 0 Å². The van der Waals surface area contributed by atoms with E-state index in [1.54, 1.807) is 0 Å². The van der Waals surface area contributed by atoms with Gasteiger partial charge in [0, 0.05) is 12.5 Å². The molecule has 6 heteroatoms. The van der Waals surface area contributed by atoms with Crippen LogP contribution in [-0.2, 0) is 10.0 Å². The quantitative estimate of drug-likeness (QED) is 0.758. The van der Waals surface area contributed by atoms with Gasteiger partial charge in [-0.25, -0.2) is 23.1 Å². The van der Waals surface area contributed by atoms with Crippen LogP contribution in [0.3, 0.4) is 0 Å². The Balaban J connectivity index is 2.59. The first-order valence-electron chi connectivity index (χ1n) is 4.82. The van der Waals surface area contributed by atoms with Gasteiger partial charge in [0.05, 0.1) is 11.9 Å². The molecule has 1 aliphatic heterocycles. The van der Waals surface area contributed by atoms with Gasteiger partial charge in [0.1, 0.15) is 11.2 Å². The van der Waals surface area contributed by atoms with Crippen LogP contribution in [0.4, 0.5) is 0 Å². The molecule has 0 amide bonds. The molecule has 0 radical (unpaired) electrons. The molecule has 5 nitrogen and oxygen atoms in total. The smallest absolute Gasteiger partial charge is 0.243 e. The lowest BCUT2D eigenvalue weighted by molar-refractivity contribution is 0.452. The van der Waals surface area contributed by atoms with Crippen molar-refractivity contribution in [1.29, 1.82) is 0 Å². The van der Waals surface area contributed by atoms with E-state index >= 15 is 0 Å². The van der Waals surface area contributed by atoms with Gasteiger partial charge < -0.3 is 0 Å². The van der Waals surface area contributed by atoms with Gasteiger partial charge in [0.15, 0.2) is 0 Å². The predicted octanol–water partition coefficient (Wildman–Crippen LogP) is 0.508. The maximum Gasteiger partial charge on any atom is 0.243 e. The fourth-order valence-electron chi connectivity index (χ4n) is 1.74. The Bertz CT molecular complexity index is 470. The zero-order valence-electron chi connectivity index (χ0n) is 8.64. The highest BCUT2D eigenvalue weighted by molar-refractivity contribution is 7.89. The first kappa shape index (κ1) is 10.5. The molecule has 1 unspecified atom stereocenters. The molecule has 2 rings (SSSR count). The first-order chi connectivity index (χ1) is 7.02. The van der Waals surface area contributed by atoms with Gasteiger partial charge >= 0.3 is 0 Å². The molecule has 0 bridgehead atoms. The molecule has 0 saturated heterocycles. The van der Waals surface area contributed by atoms with E-state index < -0.39 is 10.0 Å². The van der Waals surface area contributed by atoms with E-state index in [1.807, 2.05) is 0 Å². The van der Waals surface area contributed by atoms with E-state index in [9.17, 15) is 8.42 Å². The molecular formula is C9H13N3O2S. The van der Waals surface area contributed by atoms with Crippen LogP contribution in [0, 0.1) is 5.92 Å². The summed E-state index contributed by atoms with van der Waals surface area (Å²) >= 11 is 0. The van der Waals surface area contributed by atoms with E-state index in [0.29, 0.717) is 18.2 Å². The summed E-state index contributed by atoms with van der Waals surface area (Å²) in [7, 11) is -3.38. The molecule has 0 aromatic carbocycles. The standard InChI is InChI=1S/C9H13N3O2S/c1-6(2)7-3-12-15(13,14)8-4-10-5-11-9(7)8/h4-7,12H,3H2,1-2H3. The fraction of sp³-hybridized carbons (Fsp3) is 0.556. The first-order valence-corrected chi connectivity index (χ1v) is 6.30. The van der Waals surface area contributed by atoms with E-state index in [2.05, 4.69) is 28.5 Å². The number of rotatable bonds is 1. The van der Waals surface area contributed by atoms with Crippen molar-refractivity contribution in [3.05, 3.63) is 18.2 Å². The Morgan fingerprint density at radius 1 is 1.53 bits per heavy atom. The minimum atomic E-state index is -3.38.